The van der Waals surface area contributed by atoms with Gasteiger partial charge < -0.3 is 0 Å². The quantitative estimate of drug-likeness (QED) is 0.415. The Morgan fingerprint density at radius 2 is 2.00 bits per heavy atom. The van der Waals surface area contributed by atoms with Gasteiger partial charge in [0.05, 0.1) is 5.51 Å². The predicted octanol–water partition coefficient (Wildman–Crippen LogP) is 4.03. The maximum atomic E-state index is 6.09. The highest BCUT2D eigenvalue weighted by atomic mass is 35.5. The number of aromatic nitrogens is 3. The molecule has 0 atom stereocenters. The first-order valence-corrected chi connectivity index (χ1v) is 7.51. The van der Waals surface area contributed by atoms with E-state index in [0.29, 0.717) is 16.0 Å². The van der Waals surface area contributed by atoms with Crippen LogP contribution in [0.3, 0.4) is 0 Å². The van der Waals surface area contributed by atoms with Crippen molar-refractivity contribution in [3.05, 3.63) is 46.6 Å². The van der Waals surface area contributed by atoms with Crippen LogP contribution in [0, 0.1) is 0 Å². The van der Waals surface area contributed by atoms with E-state index in [-0.39, 0.29) is 0 Å². The zero-order valence-electron chi connectivity index (χ0n) is 9.21. The minimum Gasteiger partial charge on any atom is -0.225 e. The lowest BCUT2D eigenvalue weighted by Gasteiger charge is -2.01. The molecule has 0 bridgehead atoms. The summed E-state index contributed by atoms with van der Waals surface area (Å²) in [4.78, 5) is 12.8. The molecule has 0 fully saturated rings. The van der Waals surface area contributed by atoms with Crippen molar-refractivity contribution in [1.29, 1.82) is 0 Å². The van der Waals surface area contributed by atoms with E-state index >= 15 is 0 Å². The number of nitrogens with zero attached hydrogens (tertiary/aromatic N) is 3. The van der Waals surface area contributed by atoms with E-state index in [2.05, 4.69) is 27.1 Å². The molecule has 3 nitrogen and oxygen atoms in total. The van der Waals surface area contributed by atoms with Crippen LogP contribution < -0.4 is 0 Å². The summed E-state index contributed by atoms with van der Waals surface area (Å²) < 4.78 is 0.848. The van der Waals surface area contributed by atoms with E-state index in [9.17, 15) is 0 Å². The Morgan fingerprint density at radius 1 is 1.17 bits per heavy atom. The maximum Gasteiger partial charge on any atom is 0.191 e. The van der Waals surface area contributed by atoms with Crippen molar-refractivity contribution in [3.8, 4) is 0 Å². The van der Waals surface area contributed by atoms with Gasteiger partial charge in [0.15, 0.2) is 16.0 Å². The minimum absolute atomic E-state index is 0.484. The minimum atomic E-state index is 0.484. The number of halogens is 1. The highest BCUT2D eigenvalue weighted by molar-refractivity contribution is 7.98. The molecule has 0 aliphatic heterocycles. The first-order chi connectivity index (χ1) is 8.83. The first kappa shape index (κ1) is 11.9. The van der Waals surface area contributed by atoms with Gasteiger partial charge >= 0.3 is 0 Å². The molecule has 90 valence electrons. The Morgan fingerprint density at radius 3 is 2.83 bits per heavy atom. The van der Waals surface area contributed by atoms with E-state index in [1.807, 2.05) is 18.2 Å². The molecule has 2 aromatic heterocycles. The maximum absolute atomic E-state index is 6.09. The Labute approximate surface area is 117 Å². The SMILES string of the molecule is Clc1nc(SCc2ccccc2)nc2ncsc12. The lowest BCUT2D eigenvalue weighted by Crippen LogP contribution is -1.89. The third-order valence-electron chi connectivity index (χ3n) is 2.34. The zero-order valence-corrected chi connectivity index (χ0v) is 11.6. The predicted molar refractivity (Wildman–Crippen MR) is 76.2 cm³/mol. The van der Waals surface area contributed by atoms with E-state index in [4.69, 9.17) is 11.6 Å². The van der Waals surface area contributed by atoms with Gasteiger partial charge in [0.2, 0.25) is 0 Å². The molecular formula is C12H8ClN3S2. The topological polar surface area (TPSA) is 38.7 Å². The van der Waals surface area contributed by atoms with Crippen molar-refractivity contribution >= 4 is 45.0 Å². The van der Waals surface area contributed by atoms with Crippen LogP contribution in [0.4, 0.5) is 0 Å². The summed E-state index contributed by atoms with van der Waals surface area (Å²) in [6.45, 7) is 0. The Balaban J connectivity index is 1.82. The van der Waals surface area contributed by atoms with Gasteiger partial charge in [-0.15, -0.1) is 11.3 Å². The lowest BCUT2D eigenvalue weighted by molar-refractivity contribution is 0.995. The lowest BCUT2D eigenvalue weighted by atomic mass is 10.2. The summed E-state index contributed by atoms with van der Waals surface area (Å²) in [5, 5.41) is 1.15. The number of thioether (sulfide) groups is 1. The second kappa shape index (κ2) is 5.22. The van der Waals surface area contributed by atoms with Crippen LogP contribution in [-0.4, -0.2) is 15.0 Å². The van der Waals surface area contributed by atoms with E-state index < -0.39 is 0 Å². The molecule has 2 heterocycles. The molecule has 0 saturated carbocycles. The molecule has 3 rings (SSSR count). The van der Waals surface area contributed by atoms with E-state index in [1.165, 1.54) is 16.9 Å². The molecule has 0 N–H and O–H groups in total. The summed E-state index contributed by atoms with van der Waals surface area (Å²) in [5.74, 6) is 0.826. The molecule has 3 aromatic rings. The van der Waals surface area contributed by atoms with Crippen molar-refractivity contribution in [2.75, 3.05) is 0 Å². The summed E-state index contributed by atoms with van der Waals surface area (Å²) in [5.41, 5.74) is 3.65. The summed E-state index contributed by atoms with van der Waals surface area (Å²) in [6, 6.07) is 10.2. The number of benzene rings is 1. The Bertz CT molecular complexity index is 669. The fourth-order valence-corrected chi connectivity index (χ4v) is 3.25. The molecule has 0 spiro atoms. The van der Waals surface area contributed by atoms with Crippen molar-refractivity contribution in [2.24, 2.45) is 0 Å². The monoisotopic (exact) mass is 293 g/mol. The van der Waals surface area contributed by atoms with Gasteiger partial charge in [0.1, 0.15) is 4.70 Å². The second-order valence-electron chi connectivity index (χ2n) is 3.58. The van der Waals surface area contributed by atoms with Crippen LogP contribution in [0.2, 0.25) is 5.15 Å². The van der Waals surface area contributed by atoms with Crippen molar-refractivity contribution in [1.82, 2.24) is 15.0 Å². The number of hydrogen-bond acceptors (Lipinski definition) is 5. The second-order valence-corrected chi connectivity index (χ2v) is 5.73. The van der Waals surface area contributed by atoms with Crippen molar-refractivity contribution in [2.45, 2.75) is 10.9 Å². The van der Waals surface area contributed by atoms with Crippen LogP contribution in [0.25, 0.3) is 10.3 Å². The standard InChI is InChI=1S/C12H8ClN3S2/c13-10-9-11(14-7-18-9)16-12(15-10)17-6-8-4-2-1-3-5-8/h1-5,7H,6H2. The first-order valence-electron chi connectivity index (χ1n) is 5.26. The summed E-state index contributed by atoms with van der Waals surface area (Å²) in [7, 11) is 0. The fourth-order valence-electron chi connectivity index (χ4n) is 1.50. The Hall–Kier alpha value is -1.17. The molecular weight excluding hydrogens is 286 g/mol. The smallest absolute Gasteiger partial charge is 0.191 e. The highest BCUT2D eigenvalue weighted by Gasteiger charge is 2.08. The molecule has 0 saturated heterocycles. The normalized spacial score (nSPS) is 10.9. The largest absolute Gasteiger partial charge is 0.225 e. The number of thiazole rings is 1. The van der Waals surface area contributed by atoms with Gasteiger partial charge in [-0.3, -0.25) is 0 Å². The van der Waals surface area contributed by atoms with Crippen LogP contribution >= 0.6 is 34.7 Å². The molecule has 0 unspecified atom stereocenters. The van der Waals surface area contributed by atoms with Gasteiger partial charge in [-0.2, -0.15) is 0 Å². The van der Waals surface area contributed by atoms with Crippen LogP contribution in [-0.2, 0) is 5.75 Å². The van der Waals surface area contributed by atoms with Crippen LogP contribution in [0.1, 0.15) is 5.56 Å². The molecule has 0 aliphatic rings. The summed E-state index contributed by atoms with van der Waals surface area (Å²) in [6.07, 6.45) is 0. The Kier molecular flexibility index (Phi) is 3.45. The van der Waals surface area contributed by atoms with Gasteiger partial charge in [-0.05, 0) is 5.56 Å². The van der Waals surface area contributed by atoms with E-state index in [1.54, 1.807) is 17.3 Å². The average molecular weight is 294 g/mol. The number of rotatable bonds is 3. The molecule has 18 heavy (non-hydrogen) atoms. The summed E-state index contributed by atoms with van der Waals surface area (Å²) >= 11 is 9.11. The van der Waals surface area contributed by atoms with Gasteiger partial charge in [-0.1, -0.05) is 53.7 Å². The number of hydrogen-bond donors (Lipinski definition) is 0. The molecule has 0 aliphatic carbocycles. The molecule has 1 aromatic carbocycles. The molecule has 0 amide bonds. The van der Waals surface area contributed by atoms with Crippen molar-refractivity contribution in [3.63, 3.8) is 0 Å². The fraction of sp³-hybridized carbons (Fsp3) is 0.0833. The van der Waals surface area contributed by atoms with E-state index in [0.717, 1.165) is 10.5 Å². The third-order valence-corrected chi connectivity index (χ3v) is 4.47. The molecule has 6 heteroatoms. The van der Waals surface area contributed by atoms with Gasteiger partial charge in [0.25, 0.3) is 0 Å². The van der Waals surface area contributed by atoms with Gasteiger partial charge in [0, 0.05) is 5.75 Å². The van der Waals surface area contributed by atoms with Crippen LogP contribution in [0.5, 0.6) is 0 Å². The van der Waals surface area contributed by atoms with Crippen LogP contribution in [0.15, 0.2) is 41.0 Å². The van der Waals surface area contributed by atoms with Crippen molar-refractivity contribution < 1.29 is 0 Å². The average Bonchev–Trinajstić information content (AvgIpc) is 2.86. The number of fused-ring (bicyclic) bond motifs is 1. The molecule has 0 radical (unpaired) electrons. The third kappa shape index (κ3) is 2.48. The highest BCUT2D eigenvalue weighted by Crippen LogP contribution is 2.27. The van der Waals surface area contributed by atoms with Gasteiger partial charge in [-0.25, -0.2) is 15.0 Å². The zero-order chi connectivity index (χ0) is 12.4.